The molecule has 0 radical (unpaired) electrons. The Morgan fingerprint density at radius 2 is 2.27 bits per heavy atom. The van der Waals surface area contributed by atoms with Crippen molar-refractivity contribution >= 4 is 30.8 Å². The van der Waals surface area contributed by atoms with Crippen LogP contribution >= 0.6 is 24.8 Å². The van der Waals surface area contributed by atoms with Crippen molar-refractivity contribution in [3.8, 4) is 0 Å². The lowest BCUT2D eigenvalue weighted by atomic mass is 10.3. The van der Waals surface area contributed by atoms with Gasteiger partial charge in [0.25, 0.3) is 0 Å². The van der Waals surface area contributed by atoms with Crippen LogP contribution in [0.1, 0.15) is 0 Å². The highest BCUT2D eigenvalue weighted by atomic mass is 35.5. The Balaban J connectivity index is 0. The number of aliphatic hydroxyl groups excluding tert-OH is 1. The second-order valence-electron chi connectivity index (χ2n) is 1.87. The lowest BCUT2D eigenvalue weighted by Gasteiger charge is -2.17. The van der Waals surface area contributed by atoms with E-state index in [0.29, 0.717) is 19.0 Å². The van der Waals surface area contributed by atoms with Gasteiger partial charge < -0.3 is 10.4 Å². The van der Waals surface area contributed by atoms with Crippen LogP contribution in [0.5, 0.6) is 0 Å². The number of hydrogen-bond donors (Lipinski definition) is 4. The molecule has 7 heteroatoms. The van der Waals surface area contributed by atoms with Gasteiger partial charge in [-0.15, -0.1) is 24.8 Å². The Hall–Kier alpha value is -0.230. The van der Waals surface area contributed by atoms with Crippen LogP contribution in [-0.2, 0) is 0 Å². The molecule has 1 heterocycles. The summed E-state index contributed by atoms with van der Waals surface area (Å²) in [6, 6.07) is 0. The topological polar surface area (TPSA) is 82.7 Å². The zero-order valence-corrected chi connectivity index (χ0v) is 7.41. The number of nitrogens with two attached hydrogens (primary N) is 1. The van der Waals surface area contributed by atoms with Crippen molar-refractivity contribution in [1.82, 2.24) is 10.7 Å². The van der Waals surface area contributed by atoms with Gasteiger partial charge in [0.1, 0.15) is 0 Å². The average molecular weight is 203 g/mol. The predicted molar refractivity (Wildman–Crippen MR) is 48.1 cm³/mol. The molecule has 1 rings (SSSR count). The Labute approximate surface area is 77.2 Å². The van der Waals surface area contributed by atoms with Gasteiger partial charge in [-0.05, 0) is 0 Å². The van der Waals surface area contributed by atoms with Crippen molar-refractivity contribution in [2.24, 2.45) is 10.8 Å². The third-order valence-corrected chi connectivity index (χ3v) is 1.10. The Morgan fingerprint density at radius 1 is 1.64 bits per heavy atom. The molecule has 1 aliphatic rings. The van der Waals surface area contributed by atoms with E-state index >= 15 is 0 Å². The van der Waals surface area contributed by atoms with Crippen molar-refractivity contribution < 1.29 is 5.11 Å². The van der Waals surface area contributed by atoms with Crippen molar-refractivity contribution in [3.05, 3.63) is 0 Å². The number of β-amino-alcohol motifs (C(OH)–C–C–N with tert-alkyl or cyclic N) is 1. The quantitative estimate of drug-likeness (QED) is 0.288. The second-order valence-corrected chi connectivity index (χ2v) is 1.87. The van der Waals surface area contributed by atoms with Crippen molar-refractivity contribution in [3.63, 3.8) is 0 Å². The maximum absolute atomic E-state index is 8.88. The number of rotatable bonds is 0. The predicted octanol–water partition coefficient (Wildman–Crippen LogP) is -1.39. The molecular formula is C4H12Cl2N4O. The van der Waals surface area contributed by atoms with Crippen LogP contribution in [0.15, 0.2) is 4.99 Å². The van der Waals surface area contributed by atoms with Crippen LogP contribution in [0.25, 0.3) is 0 Å². The van der Waals surface area contributed by atoms with Crippen LogP contribution in [0.2, 0.25) is 0 Å². The van der Waals surface area contributed by atoms with Gasteiger partial charge in [0.2, 0.25) is 5.96 Å². The smallest absolute Gasteiger partial charge is 0.205 e. The molecule has 0 saturated carbocycles. The Kier molecular flexibility index (Phi) is 7.87. The van der Waals surface area contributed by atoms with E-state index in [0.717, 1.165) is 0 Å². The van der Waals surface area contributed by atoms with E-state index in [1.165, 1.54) is 0 Å². The van der Waals surface area contributed by atoms with E-state index < -0.39 is 0 Å². The van der Waals surface area contributed by atoms with Crippen molar-refractivity contribution in [2.75, 3.05) is 13.1 Å². The van der Waals surface area contributed by atoms with Gasteiger partial charge in [0.05, 0.1) is 12.6 Å². The molecule has 0 aromatic heterocycles. The summed E-state index contributed by atoms with van der Waals surface area (Å²) in [5.41, 5.74) is 2.35. The monoisotopic (exact) mass is 202 g/mol. The van der Waals surface area contributed by atoms with Crippen LogP contribution in [0.4, 0.5) is 0 Å². The van der Waals surface area contributed by atoms with Crippen LogP contribution in [0, 0.1) is 0 Å². The molecule has 0 aliphatic carbocycles. The van der Waals surface area contributed by atoms with Gasteiger partial charge in [0.15, 0.2) is 0 Å². The number of nitrogens with zero attached hydrogens (tertiary/aromatic N) is 1. The summed E-state index contributed by atoms with van der Waals surface area (Å²) in [7, 11) is 0. The van der Waals surface area contributed by atoms with Crippen LogP contribution in [0.3, 0.4) is 0 Å². The molecule has 0 saturated heterocycles. The molecule has 5 nitrogen and oxygen atoms in total. The number of halogens is 2. The van der Waals surface area contributed by atoms with E-state index in [-0.39, 0.29) is 30.9 Å². The molecule has 0 spiro atoms. The average Bonchev–Trinajstić information content (AvgIpc) is 1.90. The molecule has 0 aromatic rings. The number of guanidine groups is 1. The SMILES string of the molecule is Cl.Cl.NNC1=NCC(O)CN1. The molecule has 11 heavy (non-hydrogen) atoms. The summed E-state index contributed by atoms with van der Waals surface area (Å²) in [6.07, 6.45) is -0.373. The maximum Gasteiger partial charge on any atom is 0.205 e. The highest BCUT2D eigenvalue weighted by Crippen LogP contribution is 1.87. The fourth-order valence-electron chi connectivity index (χ4n) is 0.628. The summed E-state index contributed by atoms with van der Waals surface area (Å²) >= 11 is 0. The fourth-order valence-corrected chi connectivity index (χ4v) is 0.628. The highest BCUT2D eigenvalue weighted by Gasteiger charge is 2.09. The van der Waals surface area contributed by atoms with E-state index in [2.05, 4.69) is 15.7 Å². The van der Waals surface area contributed by atoms with Gasteiger partial charge >= 0.3 is 0 Å². The summed E-state index contributed by atoms with van der Waals surface area (Å²) < 4.78 is 0. The summed E-state index contributed by atoms with van der Waals surface area (Å²) in [5, 5.41) is 11.7. The van der Waals surface area contributed by atoms with E-state index in [9.17, 15) is 0 Å². The first-order chi connectivity index (χ1) is 4.33. The summed E-state index contributed by atoms with van der Waals surface area (Å²) in [5.74, 6) is 5.57. The fraction of sp³-hybridized carbons (Fsp3) is 0.750. The second kappa shape index (κ2) is 6.48. The number of hydrogen-bond acceptors (Lipinski definition) is 5. The minimum absolute atomic E-state index is 0. The molecule has 0 aromatic carbocycles. The van der Waals surface area contributed by atoms with Gasteiger partial charge in [-0.1, -0.05) is 0 Å². The third kappa shape index (κ3) is 4.26. The van der Waals surface area contributed by atoms with Crippen LogP contribution < -0.4 is 16.6 Å². The largest absolute Gasteiger partial charge is 0.389 e. The number of aliphatic hydroxyl groups is 1. The molecular weight excluding hydrogens is 191 g/mol. The Morgan fingerprint density at radius 3 is 2.64 bits per heavy atom. The number of nitrogens with one attached hydrogen (secondary N) is 2. The minimum Gasteiger partial charge on any atom is -0.389 e. The molecule has 5 N–H and O–H groups in total. The molecule has 0 amide bonds. The Bertz CT molecular complexity index is 131. The molecule has 0 fully saturated rings. The number of hydrazine groups is 1. The standard InChI is InChI=1S/C4H10N4O.2ClH/c5-8-4-6-1-3(9)2-7-4;;/h3,9H,1-2,5H2,(H2,6,7,8);2*1H. The summed E-state index contributed by atoms with van der Waals surface area (Å²) in [4.78, 5) is 3.85. The van der Waals surface area contributed by atoms with Crippen molar-refractivity contribution in [1.29, 1.82) is 0 Å². The lowest BCUT2D eigenvalue weighted by molar-refractivity contribution is 0.180. The number of aliphatic imine (C=N–C) groups is 1. The zero-order chi connectivity index (χ0) is 6.69. The normalized spacial score (nSPS) is 21.6. The van der Waals surface area contributed by atoms with Gasteiger partial charge in [-0.3, -0.25) is 5.43 Å². The lowest BCUT2D eigenvalue weighted by Crippen LogP contribution is -2.48. The minimum atomic E-state index is -0.373. The molecule has 1 aliphatic heterocycles. The van der Waals surface area contributed by atoms with Gasteiger partial charge in [0, 0.05) is 6.54 Å². The maximum atomic E-state index is 8.88. The molecule has 68 valence electrons. The third-order valence-electron chi connectivity index (χ3n) is 1.10. The molecule has 1 atom stereocenters. The van der Waals surface area contributed by atoms with Gasteiger partial charge in [-0.25, -0.2) is 10.8 Å². The van der Waals surface area contributed by atoms with Gasteiger partial charge in [-0.2, -0.15) is 0 Å². The van der Waals surface area contributed by atoms with E-state index in [4.69, 9.17) is 10.9 Å². The molecule has 1 unspecified atom stereocenters. The first-order valence-corrected chi connectivity index (χ1v) is 2.76. The summed E-state index contributed by atoms with van der Waals surface area (Å²) in [6.45, 7) is 0.940. The highest BCUT2D eigenvalue weighted by molar-refractivity contribution is 5.85. The molecule has 0 bridgehead atoms. The van der Waals surface area contributed by atoms with E-state index in [1.54, 1.807) is 0 Å². The van der Waals surface area contributed by atoms with Crippen molar-refractivity contribution in [2.45, 2.75) is 6.10 Å². The zero-order valence-electron chi connectivity index (χ0n) is 5.78. The van der Waals surface area contributed by atoms with Crippen LogP contribution in [-0.4, -0.2) is 30.3 Å². The first-order valence-electron chi connectivity index (χ1n) is 2.76. The van der Waals surface area contributed by atoms with E-state index in [1.807, 2.05) is 0 Å². The first kappa shape index (κ1) is 13.4.